The van der Waals surface area contributed by atoms with Crippen molar-refractivity contribution in [2.45, 2.75) is 37.8 Å². The summed E-state index contributed by atoms with van der Waals surface area (Å²) in [5, 5.41) is 3.55. The fraction of sp³-hybridized carbons (Fsp3) is 0.571. The number of ether oxygens (including phenoxy) is 1. The lowest BCUT2D eigenvalue weighted by Gasteiger charge is -2.17. The number of nitrogens with one attached hydrogen (secondary N) is 1. The Hall–Kier alpha value is -1.06. The molecule has 1 saturated carbocycles. The minimum absolute atomic E-state index is 0.353. The molecule has 0 radical (unpaired) electrons. The van der Waals surface area contributed by atoms with Crippen molar-refractivity contribution in [3.8, 4) is 5.75 Å². The lowest BCUT2D eigenvalue weighted by molar-refractivity contribution is 0.414. The molecule has 0 spiro atoms. The second-order valence-corrected chi connectivity index (χ2v) is 4.75. The van der Waals surface area contributed by atoms with Crippen LogP contribution in [0.2, 0.25) is 0 Å². The maximum Gasteiger partial charge on any atom is 0.118 e. The third-order valence-corrected chi connectivity index (χ3v) is 3.55. The zero-order valence-corrected chi connectivity index (χ0v) is 10.5. The van der Waals surface area contributed by atoms with Gasteiger partial charge in [-0.1, -0.05) is 18.6 Å². The Bertz CT molecular complexity index is 337. The van der Waals surface area contributed by atoms with Gasteiger partial charge in [-0.3, -0.25) is 0 Å². The highest BCUT2D eigenvalue weighted by atomic mass is 16.5. The Morgan fingerprint density at radius 3 is 2.65 bits per heavy atom. The molecule has 3 nitrogen and oxygen atoms in total. The zero-order valence-electron chi connectivity index (χ0n) is 10.5. The Balaban J connectivity index is 1.73. The summed E-state index contributed by atoms with van der Waals surface area (Å²) in [6, 6.07) is 9.14. The third kappa shape index (κ3) is 3.45. The second-order valence-electron chi connectivity index (χ2n) is 4.75. The van der Waals surface area contributed by atoms with Crippen molar-refractivity contribution in [1.82, 2.24) is 5.32 Å². The Morgan fingerprint density at radius 1 is 1.29 bits per heavy atom. The van der Waals surface area contributed by atoms with Crippen LogP contribution in [0.3, 0.4) is 0 Å². The van der Waals surface area contributed by atoms with E-state index in [2.05, 4.69) is 17.4 Å². The predicted molar refractivity (Wildman–Crippen MR) is 70.3 cm³/mol. The molecule has 0 saturated heterocycles. The van der Waals surface area contributed by atoms with E-state index in [1.807, 2.05) is 12.1 Å². The van der Waals surface area contributed by atoms with Gasteiger partial charge in [0.25, 0.3) is 0 Å². The molecular formula is C14H22N2O. The Kier molecular flexibility index (Phi) is 4.40. The summed E-state index contributed by atoms with van der Waals surface area (Å²) < 4.78 is 5.14. The molecule has 94 valence electrons. The second kappa shape index (κ2) is 6.03. The minimum Gasteiger partial charge on any atom is -0.497 e. The van der Waals surface area contributed by atoms with E-state index in [1.165, 1.54) is 24.8 Å². The number of benzene rings is 1. The zero-order chi connectivity index (χ0) is 12.1. The number of nitrogens with two attached hydrogens (primary N) is 1. The molecule has 1 aromatic carbocycles. The van der Waals surface area contributed by atoms with Gasteiger partial charge in [0.2, 0.25) is 0 Å². The van der Waals surface area contributed by atoms with Crippen molar-refractivity contribution in [3.63, 3.8) is 0 Å². The largest absolute Gasteiger partial charge is 0.497 e. The van der Waals surface area contributed by atoms with Crippen LogP contribution in [0, 0.1) is 0 Å². The topological polar surface area (TPSA) is 47.3 Å². The Labute approximate surface area is 103 Å². The van der Waals surface area contributed by atoms with Crippen LogP contribution >= 0.6 is 0 Å². The first kappa shape index (κ1) is 12.4. The van der Waals surface area contributed by atoms with Gasteiger partial charge >= 0.3 is 0 Å². The highest BCUT2D eigenvalue weighted by molar-refractivity contribution is 5.27. The van der Waals surface area contributed by atoms with Gasteiger partial charge in [0.15, 0.2) is 0 Å². The molecule has 1 fully saturated rings. The molecule has 0 aromatic heterocycles. The fourth-order valence-electron chi connectivity index (χ4n) is 2.44. The first-order chi connectivity index (χ1) is 8.29. The molecule has 0 heterocycles. The Morgan fingerprint density at radius 2 is 2.06 bits per heavy atom. The monoisotopic (exact) mass is 234 g/mol. The van der Waals surface area contributed by atoms with Crippen molar-refractivity contribution < 1.29 is 4.74 Å². The third-order valence-electron chi connectivity index (χ3n) is 3.55. The standard InChI is InChI=1S/C14H22N2O/c1-17-12-7-5-11(6-8-12)9-10-16-14-4-2-3-13(14)15/h5-8,13-14,16H,2-4,9-10,15H2,1H3. The summed E-state index contributed by atoms with van der Waals surface area (Å²) in [4.78, 5) is 0. The molecule has 3 N–H and O–H groups in total. The molecule has 2 unspecified atom stereocenters. The number of hydrogen-bond donors (Lipinski definition) is 2. The van der Waals surface area contributed by atoms with Gasteiger partial charge < -0.3 is 15.8 Å². The molecule has 1 aliphatic rings. The number of hydrogen-bond acceptors (Lipinski definition) is 3. The van der Waals surface area contributed by atoms with Crippen LogP contribution < -0.4 is 15.8 Å². The molecule has 3 heteroatoms. The highest BCUT2D eigenvalue weighted by Gasteiger charge is 2.22. The van der Waals surface area contributed by atoms with Crippen LogP contribution in [0.25, 0.3) is 0 Å². The fourth-order valence-corrected chi connectivity index (χ4v) is 2.44. The molecular weight excluding hydrogens is 212 g/mol. The van der Waals surface area contributed by atoms with Gasteiger partial charge in [-0.25, -0.2) is 0 Å². The highest BCUT2D eigenvalue weighted by Crippen LogP contribution is 2.17. The van der Waals surface area contributed by atoms with Crippen LogP contribution in [-0.2, 0) is 6.42 Å². The lowest BCUT2D eigenvalue weighted by Crippen LogP contribution is -2.41. The van der Waals surface area contributed by atoms with Gasteiger partial charge in [-0.05, 0) is 43.5 Å². The molecule has 0 bridgehead atoms. The van der Waals surface area contributed by atoms with Crippen molar-refractivity contribution >= 4 is 0 Å². The van der Waals surface area contributed by atoms with Crippen LogP contribution in [0.15, 0.2) is 24.3 Å². The maximum absolute atomic E-state index is 6.02. The van der Waals surface area contributed by atoms with E-state index in [-0.39, 0.29) is 0 Å². The van der Waals surface area contributed by atoms with Crippen LogP contribution in [-0.4, -0.2) is 25.7 Å². The van der Waals surface area contributed by atoms with Crippen molar-refractivity contribution in [3.05, 3.63) is 29.8 Å². The molecule has 17 heavy (non-hydrogen) atoms. The van der Waals surface area contributed by atoms with Crippen LogP contribution in [0.4, 0.5) is 0 Å². The van der Waals surface area contributed by atoms with Gasteiger partial charge in [0.05, 0.1) is 7.11 Å². The van der Waals surface area contributed by atoms with E-state index >= 15 is 0 Å². The van der Waals surface area contributed by atoms with E-state index in [0.29, 0.717) is 12.1 Å². The summed E-state index contributed by atoms with van der Waals surface area (Å²) in [5.41, 5.74) is 7.36. The van der Waals surface area contributed by atoms with E-state index in [9.17, 15) is 0 Å². The molecule has 1 aromatic rings. The van der Waals surface area contributed by atoms with Crippen molar-refractivity contribution in [2.75, 3.05) is 13.7 Å². The maximum atomic E-state index is 6.02. The average molecular weight is 234 g/mol. The molecule has 2 atom stereocenters. The molecule has 0 amide bonds. The molecule has 2 rings (SSSR count). The first-order valence-electron chi connectivity index (χ1n) is 6.41. The SMILES string of the molecule is COc1ccc(CCNC2CCCC2N)cc1. The normalized spacial score (nSPS) is 23.9. The van der Waals surface area contributed by atoms with Crippen molar-refractivity contribution in [2.24, 2.45) is 5.73 Å². The minimum atomic E-state index is 0.353. The van der Waals surface area contributed by atoms with E-state index in [4.69, 9.17) is 10.5 Å². The van der Waals surface area contributed by atoms with Crippen LogP contribution in [0.5, 0.6) is 5.75 Å². The summed E-state index contributed by atoms with van der Waals surface area (Å²) >= 11 is 0. The van der Waals surface area contributed by atoms with Gasteiger partial charge in [-0.2, -0.15) is 0 Å². The summed E-state index contributed by atoms with van der Waals surface area (Å²) in [7, 11) is 1.69. The lowest BCUT2D eigenvalue weighted by atomic mass is 10.1. The first-order valence-corrected chi connectivity index (χ1v) is 6.41. The van der Waals surface area contributed by atoms with Crippen LogP contribution in [0.1, 0.15) is 24.8 Å². The van der Waals surface area contributed by atoms with E-state index in [0.717, 1.165) is 18.7 Å². The quantitative estimate of drug-likeness (QED) is 0.815. The van der Waals surface area contributed by atoms with Gasteiger partial charge in [0, 0.05) is 12.1 Å². The predicted octanol–water partition coefficient (Wildman–Crippen LogP) is 1.71. The van der Waals surface area contributed by atoms with E-state index in [1.54, 1.807) is 7.11 Å². The summed E-state index contributed by atoms with van der Waals surface area (Å²) in [6.07, 6.45) is 4.71. The molecule has 0 aliphatic heterocycles. The smallest absolute Gasteiger partial charge is 0.118 e. The van der Waals surface area contributed by atoms with Gasteiger partial charge in [-0.15, -0.1) is 0 Å². The van der Waals surface area contributed by atoms with E-state index < -0.39 is 0 Å². The van der Waals surface area contributed by atoms with Gasteiger partial charge in [0.1, 0.15) is 5.75 Å². The van der Waals surface area contributed by atoms with Crippen molar-refractivity contribution in [1.29, 1.82) is 0 Å². The summed E-state index contributed by atoms with van der Waals surface area (Å²) in [5.74, 6) is 0.916. The number of rotatable bonds is 5. The molecule has 1 aliphatic carbocycles. The average Bonchev–Trinajstić information content (AvgIpc) is 2.76. The number of methoxy groups -OCH3 is 1. The summed E-state index contributed by atoms with van der Waals surface area (Å²) in [6.45, 7) is 1.00.